The van der Waals surface area contributed by atoms with Crippen LogP contribution in [0.25, 0.3) is 0 Å². The lowest BCUT2D eigenvalue weighted by Gasteiger charge is -2.35. The quantitative estimate of drug-likeness (QED) is 0.493. The van der Waals surface area contributed by atoms with E-state index in [2.05, 4.69) is 32.7 Å². The molecule has 2 N–H and O–H groups in total. The Labute approximate surface area is 185 Å². The van der Waals surface area contributed by atoms with E-state index in [1.165, 1.54) is 24.8 Å². The van der Waals surface area contributed by atoms with Gasteiger partial charge in [0.25, 0.3) is 0 Å². The Morgan fingerprint density at radius 3 is 2.32 bits per heavy atom. The van der Waals surface area contributed by atoms with E-state index < -0.39 is 0 Å². The van der Waals surface area contributed by atoms with Gasteiger partial charge in [0.2, 0.25) is 0 Å². The average Bonchev–Trinajstić information content (AvgIpc) is 2.84. The maximum atomic E-state index is 5.67. The van der Waals surface area contributed by atoms with Crippen molar-refractivity contribution in [1.29, 1.82) is 0 Å². The average molecular weight is 427 g/mol. The second-order valence-corrected chi connectivity index (χ2v) is 7.50. The number of guanidine groups is 1. The predicted molar refractivity (Wildman–Crippen MR) is 126 cm³/mol. The zero-order chi connectivity index (χ0) is 22.1. The van der Waals surface area contributed by atoms with Crippen molar-refractivity contribution in [1.82, 2.24) is 10.2 Å². The summed E-state index contributed by atoms with van der Waals surface area (Å²) in [5, 5.41) is 6.85. The number of para-hydroxylation sites is 1. The minimum atomic E-state index is 0.195. The molecule has 7 nitrogen and oxygen atoms in total. The first kappa shape index (κ1) is 22.7. The molecule has 0 aliphatic carbocycles. The number of nitrogens with zero attached hydrogens (tertiary/aromatic N) is 2. The lowest BCUT2D eigenvalue weighted by atomic mass is 10.0. The molecule has 1 saturated heterocycles. The highest BCUT2D eigenvalue weighted by Crippen LogP contribution is 2.31. The number of rotatable bonds is 8. The van der Waals surface area contributed by atoms with Crippen LogP contribution in [0.1, 0.15) is 30.9 Å². The van der Waals surface area contributed by atoms with Gasteiger partial charge in [-0.2, -0.15) is 0 Å². The minimum absolute atomic E-state index is 0.195. The van der Waals surface area contributed by atoms with E-state index in [0.717, 1.165) is 24.5 Å². The fourth-order valence-electron chi connectivity index (χ4n) is 4.03. The highest BCUT2D eigenvalue weighted by Gasteiger charge is 2.25. The molecule has 0 spiro atoms. The Morgan fingerprint density at radius 1 is 0.935 bits per heavy atom. The second-order valence-electron chi connectivity index (χ2n) is 7.50. The lowest BCUT2D eigenvalue weighted by molar-refractivity contribution is 0.161. The zero-order valence-electron chi connectivity index (χ0n) is 19.0. The topological polar surface area (TPSA) is 67.4 Å². The summed E-state index contributed by atoms with van der Waals surface area (Å²) in [4.78, 5) is 6.95. The molecule has 0 amide bonds. The van der Waals surface area contributed by atoms with Crippen LogP contribution in [0.2, 0.25) is 0 Å². The molecule has 1 fully saturated rings. The van der Waals surface area contributed by atoms with E-state index in [1.807, 2.05) is 30.3 Å². The van der Waals surface area contributed by atoms with Crippen LogP contribution >= 0.6 is 0 Å². The molecule has 2 aromatic carbocycles. The van der Waals surface area contributed by atoms with Gasteiger partial charge in [-0.15, -0.1) is 0 Å². The third-order valence-electron chi connectivity index (χ3n) is 5.66. The number of hydrogen-bond acceptors (Lipinski definition) is 5. The van der Waals surface area contributed by atoms with Crippen LogP contribution in [-0.4, -0.2) is 58.9 Å². The van der Waals surface area contributed by atoms with Crippen molar-refractivity contribution in [2.75, 3.05) is 53.3 Å². The summed E-state index contributed by atoms with van der Waals surface area (Å²) in [6.07, 6.45) is 3.75. The second kappa shape index (κ2) is 11.5. The van der Waals surface area contributed by atoms with Crippen LogP contribution in [0.4, 0.5) is 5.69 Å². The molecule has 168 valence electrons. The molecule has 0 bridgehead atoms. The molecule has 2 aromatic rings. The Morgan fingerprint density at radius 2 is 1.65 bits per heavy atom. The largest absolute Gasteiger partial charge is 0.496 e. The van der Waals surface area contributed by atoms with E-state index in [-0.39, 0.29) is 6.04 Å². The van der Waals surface area contributed by atoms with Gasteiger partial charge < -0.3 is 24.8 Å². The Kier molecular flexibility index (Phi) is 8.41. The third-order valence-corrected chi connectivity index (χ3v) is 5.66. The van der Waals surface area contributed by atoms with Crippen molar-refractivity contribution in [3.8, 4) is 17.2 Å². The standard InChI is InChI=1S/C24H34N4O3/c1-25-24(27-18-12-13-22(30-3)23(16-18)31-4)26-17-20(28-14-8-5-9-15-28)19-10-6-7-11-21(19)29-2/h6-7,10-13,16,20H,5,8-9,14-15,17H2,1-4H3,(H2,25,26,27). The molecule has 1 atom stereocenters. The first-order valence-corrected chi connectivity index (χ1v) is 10.8. The van der Waals surface area contributed by atoms with Gasteiger partial charge in [-0.05, 0) is 44.1 Å². The molecule has 1 unspecified atom stereocenters. The number of ether oxygens (including phenoxy) is 3. The van der Waals surface area contributed by atoms with Crippen molar-refractivity contribution in [3.63, 3.8) is 0 Å². The number of nitrogens with one attached hydrogen (secondary N) is 2. The summed E-state index contributed by atoms with van der Waals surface area (Å²) in [7, 11) is 6.77. The molecule has 1 aliphatic rings. The number of hydrogen-bond donors (Lipinski definition) is 2. The van der Waals surface area contributed by atoms with Crippen molar-refractivity contribution in [2.45, 2.75) is 25.3 Å². The maximum Gasteiger partial charge on any atom is 0.195 e. The molecule has 1 heterocycles. The van der Waals surface area contributed by atoms with Crippen LogP contribution in [0.3, 0.4) is 0 Å². The number of anilines is 1. The van der Waals surface area contributed by atoms with Gasteiger partial charge in [-0.3, -0.25) is 9.89 Å². The third kappa shape index (κ3) is 5.82. The molecule has 31 heavy (non-hydrogen) atoms. The van der Waals surface area contributed by atoms with Gasteiger partial charge in [-0.25, -0.2) is 0 Å². The number of benzene rings is 2. The highest BCUT2D eigenvalue weighted by atomic mass is 16.5. The van der Waals surface area contributed by atoms with E-state index in [1.54, 1.807) is 28.4 Å². The number of methoxy groups -OCH3 is 3. The van der Waals surface area contributed by atoms with Crippen LogP contribution in [0, 0.1) is 0 Å². The summed E-state index contributed by atoms with van der Waals surface area (Å²) < 4.78 is 16.4. The Bertz CT molecular complexity index is 866. The fraction of sp³-hybridized carbons (Fsp3) is 0.458. The fourth-order valence-corrected chi connectivity index (χ4v) is 4.03. The van der Waals surface area contributed by atoms with Crippen LogP contribution in [0.15, 0.2) is 47.5 Å². The molecule has 3 rings (SSSR count). The summed E-state index contributed by atoms with van der Waals surface area (Å²) in [5.41, 5.74) is 2.07. The van der Waals surface area contributed by atoms with E-state index in [0.29, 0.717) is 24.0 Å². The summed E-state index contributed by atoms with van der Waals surface area (Å²) in [6.45, 7) is 2.89. The van der Waals surface area contributed by atoms with Gasteiger partial charge in [0.15, 0.2) is 17.5 Å². The Hall–Kier alpha value is -2.93. The molecule has 0 saturated carbocycles. The Balaban J connectivity index is 1.75. The first-order chi connectivity index (χ1) is 15.2. The maximum absolute atomic E-state index is 5.67. The molecular formula is C24H34N4O3. The smallest absolute Gasteiger partial charge is 0.195 e. The van der Waals surface area contributed by atoms with Crippen molar-refractivity contribution >= 4 is 11.6 Å². The van der Waals surface area contributed by atoms with E-state index in [9.17, 15) is 0 Å². The van der Waals surface area contributed by atoms with Gasteiger partial charge in [0.05, 0.1) is 27.4 Å². The van der Waals surface area contributed by atoms with Gasteiger partial charge in [0.1, 0.15) is 5.75 Å². The molecule has 1 aliphatic heterocycles. The van der Waals surface area contributed by atoms with Gasteiger partial charge in [-0.1, -0.05) is 24.6 Å². The van der Waals surface area contributed by atoms with Crippen molar-refractivity contribution < 1.29 is 14.2 Å². The molecule has 7 heteroatoms. The van der Waals surface area contributed by atoms with Crippen LogP contribution in [-0.2, 0) is 0 Å². The van der Waals surface area contributed by atoms with Crippen LogP contribution in [0.5, 0.6) is 17.2 Å². The van der Waals surface area contributed by atoms with Gasteiger partial charge >= 0.3 is 0 Å². The van der Waals surface area contributed by atoms with E-state index in [4.69, 9.17) is 14.2 Å². The normalized spacial score (nSPS) is 15.8. The minimum Gasteiger partial charge on any atom is -0.496 e. The molecule has 0 radical (unpaired) electrons. The lowest BCUT2D eigenvalue weighted by Crippen LogP contribution is -2.42. The summed E-state index contributed by atoms with van der Waals surface area (Å²) >= 11 is 0. The van der Waals surface area contributed by atoms with Crippen molar-refractivity contribution in [2.24, 2.45) is 4.99 Å². The predicted octanol–water partition coefficient (Wildman–Crippen LogP) is 3.93. The number of aliphatic imine (C=N–C) groups is 1. The SMILES string of the molecule is CN=C(NCC(c1ccccc1OC)N1CCCCC1)Nc1ccc(OC)c(OC)c1. The van der Waals surface area contributed by atoms with Crippen molar-refractivity contribution in [3.05, 3.63) is 48.0 Å². The van der Waals surface area contributed by atoms with Crippen LogP contribution < -0.4 is 24.8 Å². The zero-order valence-corrected chi connectivity index (χ0v) is 19.0. The number of likely N-dealkylation sites (tertiary alicyclic amines) is 1. The van der Waals surface area contributed by atoms with E-state index >= 15 is 0 Å². The first-order valence-electron chi connectivity index (χ1n) is 10.8. The monoisotopic (exact) mass is 426 g/mol. The number of piperidine rings is 1. The molecule has 0 aromatic heterocycles. The van der Waals surface area contributed by atoms with Gasteiger partial charge in [0, 0.05) is 30.9 Å². The summed E-state index contributed by atoms with van der Waals surface area (Å²) in [5.74, 6) is 2.98. The summed E-state index contributed by atoms with van der Waals surface area (Å²) in [6, 6.07) is 14.2. The highest BCUT2D eigenvalue weighted by molar-refractivity contribution is 5.93. The molecular weight excluding hydrogens is 392 g/mol.